The van der Waals surface area contributed by atoms with Crippen LogP contribution >= 0.6 is 11.6 Å². The molecule has 0 saturated heterocycles. The molecule has 0 aliphatic carbocycles. The molecular formula is C15H15ClN4O2S. The number of aromatic nitrogens is 3. The first kappa shape index (κ1) is 15.8. The third-order valence-corrected chi connectivity index (χ3v) is 5.11. The molecule has 0 amide bonds. The van der Waals surface area contributed by atoms with Gasteiger partial charge < -0.3 is 4.57 Å². The fourth-order valence-electron chi connectivity index (χ4n) is 2.31. The highest BCUT2D eigenvalue weighted by molar-refractivity contribution is 7.92. The number of nitrogens with one attached hydrogen (secondary N) is 1. The zero-order chi connectivity index (χ0) is 16.6. The molecule has 0 bridgehead atoms. The van der Waals surface area contributed by atoms with Crippen LogP contribution in [0.25, 0.3) is 10.9 Å². The van der Waals surface area contributed by atoms with E-state index in [1.54, 1.807) is 35.0 Å². The molecule has 0 atom stereocenters. The molecule has 0 aliphatic rings. The van der Waals surface area contributed by atoms with Gasteiger partial charge in [0, 0.05) is 17.6 Å². The van der Waals surface area contributed by atoms with E-state index >= 15 is 0 Å². The largest absolute Gasteiger partial charge is 0.318 e. The number of fused-ring (bicyclic) bond motifs is 1. The summed E-state index contributed by atoms with van der Waals surface area (Å²) in [5.74, 6) is 0. The van der Waals surface area contributed by atoms with Crippen LogP contribution in [0.3, 0.4) is 0 Å². The number of nitrogens with zero attached hydrogens (tertiary/aromatic N) is 3. The number of hydrogen-bond donors (Lipinski definition) is 1. The maximum absolute atomic E-state index is 12.7. The summed E-state index contributed by atoms with van der Waals surface area (Å²) < 4.78 is 29.5. The van der Waals surface area contributed by atoms with Crippen LogP contribution in [0.15, 0.2) is 48.0 Å². The second-order valence-electron chi connectivity index (χ2n) is 5.33. The summed E-state index contributed by atoms with van der Waals surface area (Å²) in [6.45, 7) is 3.78. The van der Waals surface area contributed by atoms with Crippen LogP contribution < -0.4 is 4.72 Å². The lowest BCUT2D eigenvalue weighted by molar-refractivity contribution is 0.534. The highest BCUT2D eigenvalue weighted by Gasteiger charge is 2.22. The number of benzene rings is 1. The summed E-state index contributed by atoms with van der Waals surface area (Å²) in [4.78, 5) is 8.17. The summed E-state index contributed by atoms with van der Waals surface area (Å²) in [6.07, 6.45) is 4.42. The Bertz CT molecular complexity index is 967. The molecule has 1 aromatic carbocycles. The summed E-state index contributed by atoms with van der Waals surface area (Å²) in [5, 5.41) is 1.31. The van der Waals surface area contributed by atoms with Gasteiger partial charge in [0.25, 0.3) is 10.0 Å². The highest BCUT2D eigenvalue weighted by atomic mass is 35.5. The zero-order valence-electron chi connectivity index (χ0n) is 12.6. The van der Waals surface area contributed by atoms with Crippen molar-refractivity contribution >= 4 is 38.2 Å². The Hall–Kier alpha value is -2.12. The summed E-state index contributed by atoms with van der Waals surface area (Å²) in [5.41, 5.74) is 0.876. The second kappa shape index (κ2) is 5.82. The SMILES string of the molecule is CC(C)n1cncc1S(=O)(=O)Nc1ccc(Cl)c2cccnc12. The summed E-state index contributed by atoms with van der Waals surface area (Å²) in [7, 11) is -3.78. The van der Waals surface area contributed by atoms with Crippen molar-refractivity contribution in [3.63, 3.8) is 0 Å². The van der Waals surface area contributed by atoms with E-state index in [0.29, 0.717) is 21.6 Å². The minimum absolute atomic E-state index is 0.0239. The first-order valence-corrected chi connectivity index (χ1v) is 8.84. The van der Waals surface area contributed by atoms with Crippen LogP contribution in [-0.2, 0) is 10.0 Å². The van der Waals surface area contributed by atoms with E-state index in [4.69, 9.17) is 11.6 Å². The second-order valence-corrected chi connectivity index (χ2v) is 7.37. The smallest absolute Gasteiger partial charge is 0.279 e. The average Bonchev–Trinajstić information content (AvgIpc) is 3.01. The Morgan fingerprint density at radius 1 is 1.26 bits per heavy atom. The number of anilines is 1. The van der Waals surface area contributed by atoms with E-state index in [0.717, 1.165) is 0 Å². The Morgan fingerprint density at radius 2 is 2.04 bits per heavy atom. The van der Waals surface area contributed by atoms with Crippen LogP contribution in [0.2, 0.25) is 5.02 Å². The van der Waals surface area contributed by atoms with Gasteiger partial charge >= 0.3 is 0 Å². The third-order valence-electron chi connectivity index (χ3n) is 3.42. The number of sulfonamides is 1. The van der Waals surface area contributed by atoms with Crippen molar-refractivity contribution in [2.45, 2.75) is 24.9 Å². The molecule has 3 rings (SSSR count). The van der Waals surface area contributed by atoms with Gasteiger partial charge in [-0.1, -0.05) is 11.6 Å². The average molecular weight is 351 g/mol. The van der Waals surface area contributed by atoms with Gasteiger partial charge in [-0.05, 0) is 38.1 Å². The predicted molar refractivity (Wildman–Crippen MR) is 90.2 cm³/mol. The maximum Gasteiger partial charge on any atom is 0.279 e. The monoisotopic (exact) mass is 350 g/mol. The van der Waals surface area contributed by atoms with Gasteiger partial charge in [-0.3, -0.25) is 9.71 Å². The Labute approximate surface area is 139 Å². The van der Waals surface area contributed by atoms with Gasteiger partial charge in [0.2, 0.25) is 0 Å². The van der Waals surface area contributed by atoms with E-state index in [9.17, 15) is 8.42 Å². The third kappa shape index (κ3) is 2.89. The molecule has 6 nitrogen and oxygen atoms in total. The molecule has 23 heavy (non-hydrogen) atoms. The zero-order valence-corrected chi connectivity index (χ0v) is 14.1. The summed E-state index contributed by atoms with van der Waals surface area (Å²) >= 11 is 6.14. The van der Waals surface area contributed by atoms with Crippen molar-refractivity contribution in [2.75, 3.05) is 4.72 Å². The number of imidazole rings is 1. The van der Waals surface area contributed by atoms with Gasteiger partial charge in [-0.25, -0.2) is 4.98 Å². The fourth-order valence-corrected chi connectivity index (χ4v) is 3.82. The van der Waals surface area contributed by atoms with Crippen molar-refractivity contribution < 1.29 is 8.42 Å². The van der Waals surface area contributed by atoms with Crippen molar-refractivity contribution in [3.05, 3.63) is 48.0 Å². The molecule has 2 heterocycles. The highest BCUT2D eigenvalue weighted by Crippen LogP contribution is 2.29. The van der Waals surface area contributed by atoms with Crippen molar-refractivity contribution in [1.82, 2.24) is 14.5 Å². The van der Waals surface area contributed by atoms with Crippen molar-refractivity contribution in [1.29, 1.82) is 0 Å². The van der Waals surface area contributed by atoms with Crippen LogP contribution in [0, 0.1) is 0 Å². The quantitative estimate of drug-likeness (QED) is 0.781. The van der Waals surface area contributed by atoms with E-state index in [1.807, 2.05) is 13.8 Å². The molecule has 8 heteroatoms. The predicted octanol–water partition coefficient (Wildman–Crippen LogP) is 3.47. The lowest BCUT2D eigenvalue weighted by atomic mass is 10.2. The van der Waals surface area contributed by atoms with Crippen LogP contribution in [0.1, 0.15) is 19.9 Å². The molecule has 0 aliphatic heterocycles. The fraction of sp³-hybridized carbons (Fsp3) is 0.200. The molecule has 0 spiro atoms. The molecule has 2 aromatic heterocycles. The first-order valence-electron chi connectivity index (χ1n) is 6.98. The number of hydrogen-bond acceptors (Lipinski definition) is 4. The van der Waals surface area contributed by atoms with Gasteiger partial charge in [0.15, 0.2) is 5.03 Å². The Morgan fingerprint density at radius 3 is 2.78 bits per heavy atom. The van der Waals surface area contributed by atoms with Gasteiger partial charge in [-0.15, -0.1) is 0 Å². The molecule has 0 unspecified atom stereocenters. The van der Waals surface area contributed by atoms with E-state index in [1.165, 1.54) is 12.5 Å². The van der Waals surface area contributed by atoms with E-state index in [2.05, 4.69) is 14.7 Å². The summed E-state index contributed by atoms with van der Waals surface area (Å²) in [6, 6.07) is 6.76. The van der Waals surface area contributed by atoms with Gasteiger partial charge in [0.05, 0.1) is 28.8 Å². The number of halogens is 1. The normalized spacial score (nSPS) is 12.0. The molecule has 120 valence electrons. The van der Waals surface area contributed by atoms with Crippen LogP contribution in [0.4, 0.5) is 5.69 Å². The molecule has 0 saturated carbocycles. The number of rotatable bonds is 4. The molecular weight excluding hydrogens is 336 g/mol. The maximum atomic E-state index is 12.7. The van der Waals surface area contributed by atoms with Crippen LogP contribution in [-0.4, -0.2) is 23.0 Å². The van der Waals surface area contributed by atoms with Crippen molar-refractivity contribution in [3.8, 4) is 0 Å². The standard InChI is InChI=1S/C15H15ClN4O2S/c1-10(2)20-9-17-8-14(20)23(21,22)19-13-6-5-12(16)11-4-3-7-18-15(11)13/h3-10,19H,1-2H3. The van der Waals surface area contributed by atoms with E-state index in [-0.39, 0.29) is 11.1 Å². The minimum atomic E-state index is -3.78. The molecule has 3 aromatic rings. The van der Waals surface area contributed by atoms with E-state index < -0.39 is 10.0 Å². The Balaban J connectivity index is 2.08. The van der Waals surface area contributed by atoms with Crippen molar-refractivity contribution in [2.24, 2.45) is 0 Å². The molecule has 0 fully saturated rings. The molecule has 0 radical (unpaired) electrons. The lowest BCUT2D eigenvalue weighted by Gasteiger charge is -2.14. The van der Waals surface area contributed by atoms with Crippen LogP contribution in [0.5, 0.6) is 0 Å². The Kier molecular flexibility index (Phi) is 3.99. The first-order chi connectivity index (χ1) is 10.9. The lowest BCUT2D eigenvalue weighted by Crippen LogP contribution is -2.18. The molecule has 1 N–H and O–H groups in total. The minimum Gasteiger partial charge on any atom is -0.318 e. The topological polar surface area (TPSA) is 76.9 Å². The van der Waals surface area contributed by atoms with Gasteiger partial charge in [0.1, 0.15) is 0 Å². The van der Waals surface area contributed by atoms with Gasteiger partial charge in [-0.2, -0.15) is 8.42 Å². The number of pyridine rings is 1.